The Morgan fingerprint density at radius 2 is 1.94 bits per heavy atom. The molecule has 2 unspecified atom stereocenters. The van der Waals surface area contributed by atoms with E-state index in [9.17, 15) is 9.50 Å². The molecule has 0 aliphatic rings. The summed E-state index contributed by atoms with van der Waals surface area (Å²) in [5.41, 5.74) is 0.692. The number of nitrogens with one attached hydrogen (secondary N) is 1. The van der Waals surface area contributed by atoms with Gasteiger partial charge in [-0.25, -0.2) is 4.39 Å². The summed E-state index contributed by atoms with van der Waals surface area (Å²) in [5, 5.41) is 21.9. The summed E-state index contributed by atoms with van der Waals surface area (Å²) in [4.78, 5) is 0. The quantitative estimate of drug-likeness (QED) is 0.680. The van der Waals surface area contributed by atoms with E-state index in [0.29, 0.717) is 18.5 Å². The summed E-state index contributed by atoms with van der Waals surface area (Å²) >= 11 is 0. The van der Waals surface area contributed by atoms with E-state index in [-0.39, 0.29) is 18.5 Å². The van der Waals surface area contributed by atoms with Gasteiger partial charge in [0.15, 0.2) is 0 Å². The first-order chi connectivity index (χ1) is 8.17. The molecule has 1 rings (SSSR count). The van der Waals surface area contributed by atoms with E-state index in [0.717, 1.165) is 6.42 Å². The molecule has 0 fully saturated rings. The van der Waals surface area contributed by atoms with Gasteiger partial charge in [-0.05, 0) is 30.5 Å². The van der Waals surface area contributed by atoms with Crippen LogP contribution in [0.2, 0.25) is 0 Å². The molecule has 3 N–H and O–H groups in total. The number of rotatable bonds is 7. The third-order valence-electron chi connectivity index (χ3n) is 2.83. The fourth-order valence-corrected chi connectivity index (χ4v) is 1.69. The average molecular weight is 241 g/mol. The maximum Gasteiger partial charge on any atom is 0.123 e. The molecule has 0 aromatic heterocycles. The van der Waals surface area contributed by atoms with E-state index >= 15 is 0 Å². The van der Waals surface area contributed by atoms with Gasteiger partial charge in [0.05, 0.1) is 6.10 Å². The lowest BCUT2D eigenvalue weighted by Crippen LogP contribution is -2.33. The Morgan fingerprint density at radius 3 is 2.47 bits per heavy atom. The standard InChI is InChI=1S/C13H20FNO2/c1-2-12(7-8-16)15-9-13(17)10-3-5-11(14)6-4-10/h3-6,12-13,15-17H,2,7-9H2,1H3. The Kier molecular flexibility index (Phi) is 6.11. The number of aliphatic hydroxyl groups excluding tert-OH is 2. The van der Waals surface area contributed by atoms with Crippen LogP contribution in [-0.4, -0.2) is 29.4 Å². The third kappa shape index (κ3) is 4.81. The van der Waals surface area contributed by atoms with Crippen molar-refractivity contribution in [1.29, 1.82) is 0 Å². The monoisotopic (exact) mass is 241 g/mol. The topological polar surface area (TPSA) is 52.5 Å². The maximum absolute atomic E-state index is 12.7. The fraction of sp³-hybridized carbons (Fsp3) is 0.538. The average Bonchev–Trinajstić information content (AvgIpc) is 2.35. The second kappa shape index (κ2) is 7.37. The highest BCUT2D eigenvalue weighted by Gasteiger charge is 2.10. The summed E-state index contributed by atoms with van der Waals surface area (Å²) < 4.78 is 12.7. The van der Waals surface area contributed by atoms with Crippen LogP contribution >= 0.6 is 0 Å². The molecule has 96 valence electrons. The van der Waals surface area contributed by atoms with Crippen molar-refractivity contribution in [3.05, 3.63) is 35.6 Å². The molecular formula is C13H20FNO2. The maximum atomic E-state index is 12.7. The molecule has 0 saturated heterocycles. The molecule has 0 aliphatic heterocycles. The highest BCUT2D eigenvalue weighted by molar-refractivity contribution is 5.18. The molecule has 0 radical (unpaired) electrons. The van der Waals surface area contributed by atoms with Gasteiger partial charge in [-0.15, -0.1) is 0 Å². The molecule has 0 amide bonds. The Balaban J connectivity index is 2.43. The highest BCUT2D eigenvalue weighted by atomic mass is 19.1. The number of halogens is 1. The molecular weight excluding hydrogens is 221 g/mol. The van der Waals surface area contributed by atoms with Gasteiger partial charge in [0, 0.05) is 19.2 Å². The predicted molar refractivity (Wildman–Crippen MR) is 65.1 cm³/mol. The van der Waals surface area contributed by atoms with E-state index in [4.69, 9.17) is 5.11 Å². The van der Waals surface area contributed by atoms with Crippen LogP contribution in [0.1, 0.15) is 31.4 Å². The molecule has 2 atom stereocenters. The normalized spacial score (nSPS) is 14.6. The van der Waals surface area contributed by atoms with Gasteiger partial charge in [0.1, 0.15) is 5.82 Å². The van der Waals surface area contributed by atoms with Crippen molar-refractivity contribution in [3.63, 3.8) is 0 Å². The van der Waals surface area contributed by atoms with Crippen molar-refractivity contribution in [2.45, 2.75) is 31.9 Å². The van der Waals surface area contributed by atoms with E-state index in [1.54, 1.807) is 12.1 Å². The van der Waals surface area contributed by atoms with E-state index in [1.165, 1.54) is 12.1 Å². The van der Waals surface area contributed by atoms with Crippen LogP contribution in [-0.2, 0) is 0 Å². The highest BCUT2D eigenvalue weighted by Crippen LogP contribution is 2.13. The minimum atomic E-state index is -0.650. The van der Waals surface area contributed by atoms with Crippen molar-refractivity contribution in [2.75, 3.05) is 13.2 Å². The van der Waals surface area contributed by atoms with Crippen LogP contribution in [0.15, 0.2) is 24.3 Å². The van der Waals surface area contributed by atoms with Crippen LogP contribution in [0.5, 0.6) is 0 Å². The van der Waals surface area contributed by atoms with Gasteiger partial charge in [-0.1, -0.05) is 19.1 Å². The summed E-state index contributed by atoms with van der Waals surface area (Å²) in [7, 11) is 0. The Hall–Kier alpha value is -0.970. The molecule has 1 aromatic carbocycles. The van der Waals surface area contributed by atoms with E-state index < -0.39 is 6.10 Å². The van der Waals surface area contributed by atoms with Crippen molar-refractivity contribution in [3.8, 4) is 0 Å². The molecule has 0 bridgehead atoms. The van der Waals surface area contributed by atoms with Crippen LogP contribution < -0.4 is 5.32 Å². The molecule has 0 aliphatic carbocycles. The Morgan fingerprint density at radius 1 is 1.29 bits per heavy atom. The lowest BCUT2D eigenvalue weighted by Gasteiger charge is -2.18. The molecule has 4 heteroatoms. The summed E-state index contributed by atoms with van der Waals surface area (Å²) in [6, 6.07) is 6.03. The first-order valence-electron chi connectivity index (χ1n) is 5.95. The van der Waals surface area contributed by atoms with Crippen LogP contribution in [0.3, 0.4) is 0 Å². The number of hydrogen-bond donors (Lipinski definition) is 3. The zero-order valence-corrected chi connectivity index (χ0v) is 10.1. The molecule has 0 saturated carbocycles. The van der Waals surface area contributed by atoms with Gasteiger partial charge in [0.2, 0.25) is 0 Å². The van der Waals surface area contributed by atoms with Gasteiger partial charge < -0.3 is 15.5 Å². The van der Waals surface area contributed by atoms with E-state index in [1.807, 2.05) is 6.92 Å². The van der Waals surface area contributed by atoms with Crippen molar-refractivity contribution in [2.24, 2.45) is 0 Å². The van der Waals surface area contributed by atoms with Gasteiger partial charge >= 0.3 is 0 Å². The minimum Gasteiger partial charge on any atom is -0.396 e. The second-order valence-electron chi connectivity index (χ2n) is 4.09. The van der Waals surface area contributed by atoms with Crippen molar-refractivity contribution in [1.82, 2.24) is 5.32 Å². The fourth-order valence-electron chi connectivity index (χ4n) is 1.69. The second-order valence-corrected chi connectivity index (χ2v) is 4.09. The predicted octanol–water partition coefficient (Wildman–Crippen LogP) is 1.61. The molecule has 0 spiro atoms. The van der Waals surface area contributed by atoms with Gasteiger partial charge in [-0.2, -0.15) is 0 Å². The largest absolute Gasteiger partial charge is 0.396 e. The van der Waals surface area contributed by atoms with Gasteiger partial charge in [0.25, 0.3) is 0 Å². The zero-order valence-electron chi connectivity index (χ0n) is 10.1. The molecule has 3 nitrogen and oxygen atoms in total. The lowest BCUT2D eigenvalue weighted by molar-refractivity contribution is 0.164. The van der Waals surface area contributed by atoms with E-state index in [2.05, 4.69) is 5.32 Å². The minimum absolute atomic E-state index is 0.137. The first kappa shape index (κ1) is 14.1. The van der Waals surface area contributed by atoms with Crippen LogP contribution in [0.4, 0.5) is 4.39 Å². The number of benzene rings is 1. The number of aliphatic hydroxyl groups is 2. The molecule has 1 aromatic rings. The third-order valence-corrected chi connectivity index (χ3v) is 2.83. The van der Waals surface area contributed by atoms with Crippen LogP contribution in [0.25, 0.3) is 0 Å². The molecule has 0 heterocycles. The summed E-state index contributed by atoms with van der Waals surface area (Å²) in [6.07, 6.45) is 0.923. The SMILES string of the molecule is CCC(CCO)NCC(O)c1ccc(F)cc1. The van der Waals surface area contributed by atoms with Gasteiger partial charge in [-0.3, -0.25) is 0 Å². The smallest absolute Gasteiger partial charge is 0.123 e. The first-order valence-corrected chi connectivity index (χ1v) is 5.95. The van der Waals surface area contributed by atoms with Crippen molar-refractivity contribution < 1.29 is 14.6 Å². The van der Waals surface area contributed by atoms with Crippen LogP contribution in [0, 0.1) is 5.82 Å². The van der Waals surface area contributed by atoms with Crippen molar-refractivity contribution >= 4 is 0 Å². The lowest BCUT2D eigenvalue weighted by atomic mass is 10.1. The summed E-state index contributed by atoms with van der Waals surface area (Å²) in [6.45, 7) is 2.57. The molecule has 17 heavy (non-hydrogen) atoms. The summed E-state index contributed by atoms with van der Waals surface area (Å²) in [5.74, 6) is -0.305. The Bertz CT molecular complexity index is 316. The number of hydrogen-bond acceptors (Lipinski definition) is 3. The Labute approximate surface area is 101 Å². The zero-order chi connectivity index (χ0) is 12.7.